The molecule has 4 rings (SSSR count). The van der Waals surface area contributed by atoms with Gasteiger partial charge in [-0.1, -0.05) is 6.07 Å². The summed E-state index contributed by atoms with van der Waals surface area (Å²) in [4.78, 5) is 18.8. The number of aromatic nitrogens is 5. The van der Waals surface area contributed by atoms with Crippen LogP contribution in [0.2, 0.25) is 0 Å². The number of rotatable bonds is 4. The molecule has 3 aromatic rings. The van der Waals surface area contributed by atoms with Gasteiger partial charge in [0.25, 0.3) is 0 Å². The van der Waals surface area contributed by atoms with Crippen LogP contribution in [0.15, 0.2) is 36.8 Å². The van der Waals surface area contributed by atoms with Crippen LogP contribution in [-0.2, 0) is 11.3 Å². The van der Waals surface area contributed by atoms with E-state index in [1.165, 1.54) is 0 Å². The molecule has 1 amide bonds. The standard InChI is InChI=1S/C18H22N6O/c1-14-19-8-12-22(14)11-7-17(25)23-9-4-5-15(13-23)18-21-20-16-6-2-3-10-24(16)18/h2-3,6,8,10,12,15H,4-5,7,9,11,13H2,1H3/t15-/m0/s1. The molecule has 4 heterocycles. The summed E-state index contributed by atoms with van der Waals surface area (Å²) in [6.45, 7) is 4.18. The van der Waals surface area contributed by atoms with Gasteiger partial charge in [0, 0.05) is 50.6 Å². The predicted molar refractivity (Wildman–Crippen MR) is 93.1 cm³/mol. The largest absolute Gasteiger partial charge is 0.342 e. The Labute approximate surface area is 146 Å². The molecule has 7 heteroatoms. The number of aryl methyl sites for hydroxylation is 2. The number of fused-ring (bicyclic) bond motifs is 1. The molecular formula is C18H22N6O. The van der Waals surface area contributed by atoms with Crippen LogP contribution in [0.5, 0.6) is 0 Å². The highest BCUT2D eigenvalue weighted by atomic mass is 16.2. The first-order chi connectivity index (χ1) is 12.2. The molecular weight excluding hydrogens is 316 g/mol. The zero-order valence-corrected chi connectivity index (χ0v) is 14.4. The van der Waals surface area contributed by atoms with Gasteiger partial charge in [0.2, 0.25) is 5.91 Å². The minimum atomic E-state index is 0.201. The van der Waals surface area contributed by atoms with Crippen LogP contribution in [0, 0.1) is 6.92 Å². The van der Waals surface area contributed by atoms with E-state index in [2.05, 4.69) is 15.2 Å². The Kier molecular flexibility index (Phi) is 4.21. The smallest absolute Gasteiger partial charge is 0.224 e. The summed E-state index contributed by atoms with van der Waals surface area (Å²) in [6, 6.07) is 5.90. The Hall–Kier alpha value is -2.70. The summed E-state index contributed by atoms with van der Waals surface area (Å²) < 4.78 is 4.05. The molecule has 0 spiro atoms. The SMILES string of the molecule is Cc1nccn1CCC(=O)N1CCC[C@H](c2nnc3ccccn23)C1. The minimum absolute atomic E-state index is 0.201. The van der Waals surface area contributed by atoms with Crippen molar-refractivity contribution in [3.8, 4) is 0 Å². The first-order valence-electron chi connectivity index (χ1n) is 8.77. The summed E-state index contributed by atoms with van der Waals surface area (Å²) in [5.74, 6) is 2.34. The summed E-state index contributed by atoms with van der Waals surface area (Å²) in [5, 5.41) is 8.62. The van der Waals surface area contributed by atoms with Crippen molar-refractivity contribution in [2.75, 3.05) is 13.1 Å². The first kappa shape index (κ1) is 15.8. The second-order valence-electron chi connectivity index (χ2n) is 6.58. The molecule has 1 fully saturated rings. The number of hydrogen-bond acceptors (Lipinski definition) is 4. The van der Waals surface area contributed by atoms with Crippen LogP contribution in [0.25, 0.3) is 5.65 Å². The topological polar surface area (TPSA) is 68.3 Å². The number of hydrogen-bond donors (Lipinski definition) is 0. The molecule has 25 heavy (non-hydrogen) atoms. The van der Waals surface area contributed by atoms with Gasteiger partial charge in [-0.25, -0.2) is 4.98 Å². The number of imidazole rings is 1. The van der Waals surface area contributed by atoms with E-state index in [9.17, 15) is 4.79 Å². The molecule has 3 aromatic heterocycles. The molecule has 0 N–H and O–H groups in total. The van der Waals surface area contributed by atoms with Gasteiger partial charge in [0.15, 0.2) is 5.65 Å². The van der Waals surface area contributed by atoms with Gasteiger partial charge >= 0.3 is 0 Å². The van der Waals surface area contributed by atoms with Gasteiger partial charge in [-0.05, 0) is 31.9 Å². The Morgan fingerprint density at radius 1 is 1.28 bits per heavy atom. The Balaban J connectivity index is 1.44. The van der Waals surface area contributed by atoms with Crippen LogP contribution >= 0.6 is 0 Å². The van der Waals surface area contributed by atoms with Crippen molar-refractivity contribution in [3.63, 3.8) is 0 Å². The molecule has 0 bridgehead atoms. The summed E-state index contributed by atoms with van der Waals surface area (Å²) in [7, 11) is 0. The third kappa shape index (κ3) is 3.14. The molecule has 1 aliphatic rings. The van der Waals surface area contributed by atoms with Crippen LogP contribution < -0.4 is 0 Å². The number of carbonyl (C=O) groups excluding carboxylic acids is 1. The van der Waals surface area contributed by atoms with E-state index in [-0.39, 0.29) is 11.8 Å². The van der Waals surface area contributed by atoms with Gasteiger partial charge in [-0.15, -0.1) is 10.2 Å². The highest BCUT2D eigenvalue weighted by Crippen LogP contribution is 2.26. The van der Waals surface area contributed by atoms with Crippen molar-refractivity contribution in [3.05, 3.63) is 48.4 Å². The third-order valence-electron chi connectivity index (χ3n) is 4.97. The Morgan fingerprint density at radius 2 is 2.20 bits per heavy atom. The van der Waals surface area contributed by atoms with Crippen molar-refractivity contribution in [2.45, 2.75) is 38.6 Å². The lowest BCUT2D eigenvalue weighted by molar-refractivity contribution is -0.132. The van der Waals surface area contributed by atoms with E-state index in [0.29, 0.717) is 13.0 Å². The third-order valence-corrected chi connectivity index (χ3v) is 4.97. The van der Waals surface area contributed by atoms with E-state index in [4.69, 9.17) is 0 Å². The number of nitrogens with zero attached hydrogens (tertiary/aromatic N) is 6. The van der Waals surface area contributed by atoms with Gasteiger partial charge in [0.05, 0.1) is 0 Å². The van der Waals surface area contributed by atoms with Crippen molar-refractivity contribution in [1.82, 2.24) is 29.0 Å². The fourth-order valence-corrected chi connectivity index (χ4v) is 3.57. The van der Waals surface area contributed by atoms with Crippen LogP contribution in [-0.4, -0.2) is 48.0 Å². The fraction of sp³-hybridized carbons (Fsp3) is 0.444. The highest BCUT2D eigenvalue weighted by Gasteiger charge is 2.27. The highest BCUT2D eigenvalue weighted by molar-refractivity contribution is 5.76. The number of likely N-dealkylation sites (tertiary alicyclic amines) is 1. The lowest BCUT2D eigenvalue weighted by Gasteiger charge is -2.32. The number of pyridine rings is 1. The summed E-state index contributed by atoms with van der Waals surface area (Å²) in [5.41, 5.74) is 0.858. The van der Waals surface area contributed by atoms with E-state index in [0.717, 1.165) is 43.2 Å². The molecule has 1 atom stereocenters. The van der Waals surface area contributed by atoms with Crippen molar-refractivity contribution in [1.29, 1.82) is 0 Å². The fourth-order valence-electron chi connectivity index (χ4n) is 3.57. The average Bonchev–Trinajstić information content (AvgIpc) is 3.26. The summed E-state index contributed by atoms with van der Waals surface area (Å²) >= 11 is 0. The van der Waals surface area contributed by atoms with Gasteiger partial charge < -0.3 is 9.47 Å². The maximum atomic E-state index is 12.6. The van der Waals surface area contributed by atoms with Crippen molar-refractivity contribution < 1.29 is 4.79 Å². The maximum absolute atomic E-state index is 12.6. The minimum Gasteiger partial charge on any atom is -0.342 e. The van der Waals surface area contributed by atoms with Crippen LogP contribution in [0.3, 0.4) is 0 Å². The van der Waals surface area contributed by atoms with E-state index < -0.39 is 0 Å². The lowest BCUT2D eigenvalue weighted by Crippen LogP contribution is -2.39. The summed E-state index contributed by atoms with van der Waals surface area (Å²) in [6.07, 6.45) is 8.23. The first-order valence-corrected chi connectivity index (χ1v) is 8.77. The number of amides is 1. The molecule has 130 valence electrons. The van der Waals surface area contributed by atoms with E-state index in [1.807, 2.05) is 51.4 Å². The molecule has 0 unspecified atom stereocenters. The molecule has 1 saturated heterocycles. The molecule has 7 nitrogen and oxygen atoms in total. The lowest BCUT2D eigenvalue weighted by atomic mass is 9.97. The van der Waals surface area contributed by atoms with Crippen LogP contribution in [0.4, 0.5) is 0 Å². The molecule has 0 aliphatic carbocycles. The maximum Gasteiger partial charge on any atom is 0.224 e. The molecule has 0 saturated carbocycles. The van der Waals surface area contributed by atoms with Crippen LogP contribution in [0.1, 0.15) is 36.8 Å². The molecule has 0 radical (unpaired) electrons. The average molecular weight is 338 g/mol. The van der Waals surface area contributed by atoms with Gasteiger partial charge in [-0.3, -0.25) is 9.20 Å². The second kappa shape index (κ2) is 6.66. The zero-order valence-electron chi connectivity index (χ0n) is 14.4. The van der Waals surface area contributed by atoms with Gasteiger partial charge in [-0.2, -0.15) is 0 Å². The Morgan fingerprint density at radius 3 is 3.04 bits per heavy atom. The van der Waals surface area contributed by atoms with Crippen molar-refractivity contribution >= 4 is 11.6 Å². The number of carbonyl (C=O) groups is 1. The van der Waals surface area contributed by atoms with E-state index in [1.54, 1.807) is 6.20 Å². The quantitative estimate of drug-likeness (QED) is 0.730. The predicted octanol–water partition coefficient (Wildman–Crippen LogP) is 2.03. The number of piperidine rings is 1. The van der Waals surface area contributed by atoms with Crippen molar-refractivity contribution in [2.24, 2.45) is 0 Å². The second-order valence-corrected chi connectivity index (χ2v) is 6.58. The van der Waals surface area contributed by atoms with E-state index >= 15 is 0 Å². The normalized spacial score (nSPS) is 18.0. The molecule has 1 aliphatic heterocycles. The zero-order chi connectivity index (χ0) is 17.2. The molecule has 0 aromatic carbocycles. The monoisotopic (exact) mass is 338 g/mol. The Bertz CT molecular complexity index is 882. The van der Waals surface area contributed by atoms with Gasteiger partial charge in [0.1, 0.15) is 11.6 Å².